The molecule has 0 aliphatic carbocycles. The molecule has 4 nitrogen and oxygen atoms in total. The predicted octanol–water partition coefficient (Wildman–Crippen LogP) is 3.66. The lowest BCUT2D eigenvalue weighted by Crippen LogP contribution is -2.24. The smallest absolute Gasteiger partial charge is 0.252 e. The third-order valence-corrected chi connectivity index (χ3v) is 3.63. The number of pyridine rings is 1. The number of carbonyl (C=O) groups is 1. The first-order valence-electron chi connectivity index (χ1n) is 8.31. The maximum atomic E-state index is 11.9. The molecule has 2 N–H and O–H groups in total. The van der Waals surface area contributed by atoms with Crippen molar-refractivity contribution in [2.45, 2.75) is 32.6 Å². The average molecular weight is 311 g/mol. The molecule has 0 saturated heterocycles. The van der Waals surface area contributed by atoms with Crippen LogP contribution in [0.3, 0.4) is 0 Å². The molecule has 1 aromatic carbocycles. The topological polar surface area (TPSA) is 54.0 Å². The molecule has 1 heterocycles. The maximum Gasteiger partial charge on any atom is 0.252 e. The molecule has 0 atom stereocenters. The summed E-state index contributed by atoms with van der Waals surface area (Å²) in [6.45, 7) is 3.69. The fourth-order valence-corrected chi connectivity index (χ4v) is 2.27. The second-order valence-corrected chi connectivity index (χ2v) is 5.56. The highest BCUT2D eigenvalue weighted by Crippen LogP contribution is 2.07. The van der Waals surface area contributed by atoms with Crippen LogP contribution in [0.15, 0.2) is 48.7 Å². The summed E-state index contributed by atoms with van der Waals surface area (Å²) < 4.78 is 0. The molecule has 0 aliphatic rings. The molecule has 2 aromatic rings. The van der Waals surface area contributed by atoms with E-state index in [-0.39, 0.29) is 5.91 Å². The Morgan fingerprint density at radius 2 is 1.87 bits per heavy atom. The molecule has 0 aliphatic heterocycles. The molecule has 0 saturated carbocycles. The van der Waals surface area contributed by atoms with E-state index in [1.165, 1.54) is 5.56 Å². The molecule has 0 fully saturated rings. The van der Waals surface area contributed by atoms with Gasteiger partial charge in [0.25, 0.3) is 5.91 Å². The molecule has 0 unspecified atom stereocenters. The lowest BCUT2D eigenvalue weighted by Gasteiger charge is -2.07. The fourth-order valence-electron chi connectivity index (χ4n) is 2.27. The molecule has 23 heavy (non-hydrogen) atoms. The van der Waals surface area contributed by atoms with Crippen LogP contribution in [-0.2, 0) is 6.42 Å². The highest BCUT2D eigenvalue weighted by Gasteiger charge is 2.05. The van der Waals surface area contributed by atoms with Crippen molar-refractivity contribution < 1.29 is 4.79 Å². The van der Waals surface area contributed by atoms with Crippen molar-refractivity contribution in [3.8, 4) is 0 Å². The molecule has 122 valence electrons. The van der Waals surface area contributed by atoms with Gasteiger partial charge in [-0.05, 0) is 37.0 Å². The Morgan fingerprint density at radius 3 is 2.57 bits per heavy atom. The first-order valence-corrected chi connectivity index (χ1v) is 8.31. The highest BCUT2D eigenvalue weighted by atomic mass is 16.1. The Bertz CT molecular complexity index is 581. The molecule has 1 amide bonds. The van der Waals surface area contributed by atoms with Crippen molar-refractivity contribution in [3.05, 3.63) is 59.8 Å². The predicted molar refractivity (Wildman–Crippen MR) is 94.7 cm³/mol. The molecule has 2 rings (SSSR count). The summed E-state index contributed by atoms with van der Waals surface area (Å²) in [5.74, 6) is 0.754. The van der Waals surface area contributed by atoms with Gasteiger partial charge in [-0.2, -0.15) is 0 Å². The van der Waals surface area contributed by atoms with E-state index in [9.17, 15) is 4.79 Å². The molecule has 4 heteroatoms. The normalized spacial score (nSPS) is 10.3. The molecule has 0 spiro atoms. The summed E-state index contributed by atoms with van der Waals surface area (Å²) in [5, 5.41) is 6.18. The van der Waals surface area contributed by atoms with E-state index in [2.05, 4.69) is 46.8 Å². The summed E-state index contributed by atoms with van der Waals surface area (Å²) >= 11 is 0. The van der Waals surface area contributed by atoms with Crippen molar-refractivity contribution in [2.24, 2.45) is 0 Å². The number of unbranched alkanes of at least 4 members (excludes halogenated alkanes) is 1. The Kier molecular flexibility index (Phi) is 7.11. The van der Waals surface area contributed by atoms with Crippen molar-refractivity contribution in [2.75, 3.05) is 18.4 Å². The van der Waals surface area contributed by atoms with Gasteiger partial charge in [-0.3, -0.25) is 4.79 Å². The van der Waals surface area contributed by atoms with Gasteiger partial charge in [0.1, 0.15) is 5.82 Å². The SMILES string of the molecule is CCCCNC(=O)c1ccc(NCCCc2ccccc2)nc1. The van der Waals surface area contributed by atoms with E-state index in [4.69, 9.17) is 0 Å². The lowest BCUT2D eigenvalue weighted by atomic mass is 10.1. The first kappa shape index (κ1) is 17.0. The van der Waals surface area contributed by atoms with Crippen LogP contribution < -0.4 is 10.6 Å². The number of aromatic nitrogens is 1. The van der Waals surface area contributed by atoms with Crippen LogP contribution in [0, 0.1) is 0 Å². The number of amides is 1. The minimum atomic E-state index is -0.0541. The summed E-state index contributed by atoms with van der Waals surface area (Å²) in [4.78, 5) is 16.2. The third-order valence-electron chi connectivity index (χ3n) is 3.63. The minimum absolute atomic E-state index is 0.0541. The molecular weight excluding hydrogens is 286 g/mol. The average Bonchev–Trinajstić information content (AvgIpc) is 2.60. The van der Waals surface area contributed by atoms with Gasteiger partial charge in [-0.25, -0.2) is 4.98 Å². The number of benzene rings is 1. The van der Waals surface area contributed by atoms with Crippen LogP contribution in [0.1, 0.15) is 42.1 Å². The monoisotopic (exact) mass is 311 g/mol. The zero-order valence-corrected chi connectivity index (χ0v) is 13.7. The Morgan fingerprint density at radius 1 is 1.04 bits per heavy atom. The molecule has 1 aromatic heterocycles. The number of aryl methyl sites for hydroxylation is 1. The third kappa shape index (κ3) is 6.10. The largest absolute Gasteiger partial charge is 0.370 e. The number of rotatable bonds is 9. The van der Waals surface area contributed by atoms with Crippen LogP contribution >= 0.6 is 0 Å². The second-order valence-electron chi connectivity index (χ2n) is 5.56. The number of hydrogen-bond acceptors (Lipinski definition) is 3. The summed E-state index contributed by atoms with van der Waals surface area (Å²) in [7, 11) is 0. The van der Waals surface area contributed by atoms with Crippen LogP contribution in [-0.4, -0.2) is 24.0 Å². The van der Waals surface area contributed by atoms with Gasteiger partial charge in [0.05, 0.1) is 5.56 Å². The fraction of sp³-hybridized carbons (Fsp3) is 0.368. The minimum Gasteiger partial charge on any atom is -0.370 e. The van der Waals surface area contributed by atoms with Crippen LogP contribution in [0.5, 0.6) is 0 Å². The number of anilines is 1. The zero-order valence-electron chi connectivity index (χ0n) is 13.7. The number of nitrogens with one attached hydrogen (secondary N) is 2. The number of nitrogens with zero attached hydrogens (tertiary/aromatic N) is 1. The summed E-state index contributed by atoms with van der Waals surface area (Å²) in [5.41, 5.74) is 1.96. The van der Waals surface area contributed by atoms with Crippen LogP contribution in [0.4, 0.5) is 5.82 Å². The summed E-state index contributed by atoms with van der Waals surface area (Å²) in [6, 6.07) is 14.1. The summed E-state index contributed by atoms with van der Waals surface area (Å²) in [6.07, 6.45) is 5.79. The van der Waals surface area contributed by atoms with Crippen molar-refractivity contribution >= 4 is 11.7 Å². The van der Waals surface area contributed by atoms with Gasteiger partial charge in [-0.15, -0.1) is 0 Å². The van der Waals surface area contributed by atoms with E-state index >= 15 is 0 Å². The van der Waals surface area contributed by atoms with E-state index in [1.807, 2.05) is 18.2 Å². The van der Waals surface area contributed by atoms with Gasteiger partial charge in [0.2, 0.25) is 0 Å². The number of hydrogen-bond donors (Lipinski definition) is 2. The maximum absolute atomic E-state index is 11.9. The van der Waals surface area contributed by atoms with Gasteiger partial charge in [0.15, 0.2) is 0 Å². The Hall–Kier alpha value is -2.36. The van der Waals surface area contributed by atoms with Crippen molar-refractivity contribution in [1.29, 1.82) is 0 Å². The zero-order chi connectivity index (χ0) is 16.3. The quantitative estimate of drug-likeness (QED) is 0.695. The second kappa shape index (κ2) is 9.62. The van der Waals surface area contributed by atoms with Crippen molar-refractivity contribution in [1.82, 2.24) is 10.3 Å². The Balaban J connectivity index is 1.71. The highest BCUT2D eigenvalue weighted by molar-refractivity contribution is 5.93. The van der Waals surface area contributed by atoms with E-state index in [1.54, 1.807) is 6.20 Å². The lowest BCUT2D eigenvalue weighted by molar-refractivity contribution is 0.0953. The van der Waals surface area contributed by atoms with Gasteiger partial charge < -0.3 is 10.6 Å². The van der Waals surface area contributed by atoms with Gasteiger partial charge in [-0.1, -0.05) is 43.7 Å². The molecular formula is C19H25N3O. The van der Waals surface area contributed by atoms with E-state index < -0.39 is 0 Å². The Labute approximate surface area is 138 Å². The van der Waals surface area contributed by atoms with Gasteiger partial charge >= 0.3 is 0 Å². The first-order chi connectivity index (χ1) is 11.3. The van der Waals surface area contributed by atoms with Gasteiger partial charge in [0, 0.05) is 19.3 Å². The molecule has 0 radical (unpaired) electrons. The molecule has 0 bridgehead atoms. The van der Waals surface area contributed by atoms with E-state index in [0.717, 1.165) is 44.6 Å². The van der Waals surface area contributed by atoms with Crippen LogP contribution in [0.2, 0.25) is 0 Å². The van der Waals surface area contributed by atoms with Crippen LogP contribution in [0.25, 0.3) is 0 Å². The van der Waals surface area contributed by atoms with E-state index in [0.29, 0.717) is 5.56 Å². The number of carbonyl (C=O) groups excluding carboxylic acids is 1. The standard InChI is InChI=1S/C19H25N3O/c1-2-3-13-21-19(23)17-11-12-18(22-15-17)20-14-7-10-16-8-5-4-6-9-16/h4-6,8-9,11-12,15H,2-3,7,10,13-14H2,1H3,(H,20,22)(H,21,23). The van der Waals surface area contributed by atoms with Crippen molar-refractivity contribution in [3.63, 3.8) is 0 Å².